The fourth-order valence-electron chi connectivity index (χ4n) is 3.01. The van der Waals surface area contributed by atoms with Crippen LogP contribution in [0.15, 0.2) is 41.2 Å². The number of anilines is 1. The Labute approximate surface area is 182 Å². The molecule has 0 bridgehead atoms. The molecule has 0 radical (unpaired) electrons. The zero-order chi connectivity index (χ0) is 21.0. The molecule has 152 valence electrons. The number of aromatic amines is 1. The largest absolute Gasteiger partial charge is 0.325 e. The molecule has 0 fully saturated rings. The van der Waals surface area contributed by atoms with Crippen molar-refractivity contribution in [1.29, 1.82) is 0 Å². The van der Waals surface area contributed by atoms with Crippen LogP contribution in [-0.4, -0.2) is 33.9 Å². The highest BCUT2D eigenvalue weighted by atomic mass is 35.5. The third-order valence-corrected chi connectivity index (χ3v) is 4.82. The van der Waals surface area contributed by atoms with Crippen molar-refractivity contribution >= 4 is 57.3 Å². The van der Waals surface area contributed by atoms with Gasteiger partial charge in [0, 0.05) is 20.8 Å². The molecule has 0 aliphatic rings. The standard InChI is InChI=1S/C20H19Cl3N4O2/c1-2-5-27(11-19(28)24-15-7-13(22)6-14(23)8-15)10-18-25-17-9-12(21)3-4-16(17)20(29)26-18/h3-4,6-9H,2,5,10-11H2,1H3,(H,24,28)(H,25,26,29). The summed E-state index contributed by atoms with van der Waals surface area (Å²) < 4.78 is 0. The molecule has 3 aromatic rings. The number of carbonyl (C=O) groups excluding carboxylic acids is 1. The van der Waals surface area contributed by atoms with Crippen molar-refractivity contribution in [2.45, 2.75) is 19.9 Å². The third kappa shape index (κ3) is 5.93. The molecule has 1 amide bonds. The Morgan fingerprint density at radius 1 is 1.10 bits per heavy atom. The van der Waals surface area contributed by atoms with Gasteiger partial charge >= 0.3 is 0 Å². The van der Waals surface area contributed by atoms with Gasteiger partial charge < -0.3 is 10.3 Å². The number of halogens is 3. The molecular weight excluding hydrogens is 435 g/mol. The first-order chi connectivity index (χ1) is 13.8. The van der Waals surface area contributed by atoms with Gasteiger partial charge in [-0.15, -0.1) is 0 Å². The van der Waals surface area contributed by atoms with Crippen molar-refractivity contribution in [1.82, 2.24) is 14.9 Å². The maximum atomic E-state index is 12.5. The van der Waals surface area contributed by atoms with Crippen molar-refractivity contribution in [3.63, 3.8) is 0 Å². The van der Waals surface area contributed by atoms with Gasteiger partial charge in [0.15, 0.2) is 0 Å². The van der Waals surface area contributed by atoms with Gasteiger partial charge in [-0.2, -0.15) is 0 Å². The van der Waals surface area contributed by atoms with E-state index in [1.807, 2.05) is 11.8 Å². The minimum absolute atomic E-state index is 0.120. The molecule has 0 atom stereocenters. The van der Waals surface area contributed by atoms with E-state index in [0.29, 0.717) is 50.6 Å². The summed E-state index contributed by atoms with van der Waals surface area (Å²) in [6.07, 6.45) is 0.833. The smallest absolute Gasteiger partial charge is 0.258 e. The fourth-order valence-corrected chi connectivity index (χ4v) is 3.70. The SMILES string of the molecule is CCCN(CC(=O)Nc1cc(Cl)cc(Cl)c1)Cc1nc2cc(Cl)ccc2c(=O)[nH]1. The van der Waals surface area contributed by atoms with Crippen molar-refractivity contribution in [2.75, 3.05) is 18.4 Å². The maximum absolute atomic E-state index is 12.5. The van der Waals surface area contributed by atoms with Crippen LogP contribution >= 0.6 is 34.8 Å². The summed E-state index contributed by atoms with van der Waals surface area (Å²) in [5.74, 6) is 0.250. The van der Waals surface area contributed by atoms with Crippen LogP contribution in [0.3, 0.4) is 0 Å². The predicted octanol–water partition coefficient (Wildman–Crippen LogP) is 4.73. The van der Waals surface area contributed by atoms with E-state index >= 15 is 0 Å². The highest BCUT2D eigenvalue weighted by Gasteiger charge is 2.14. The highest BCUT2D eigenvalue weighted by molar-refractivity contribution is 6.35. The van der Waals surface area contributed by atoms with Crippen LogP contribution in [0.1, 0.15) is 19.2 Å². The van der Waals surface area contributed by atoms with E-state index in [-0.39, 0.29) is 18.0 Å². The van der Waals surface area contributed by atoms with Gasteiger partial charge in [-0.1, -0.05) is 41.7 Å². The molecular formula is C20H19Cl3N4O2. The first kappa shape index (κ1) is 21.6. The highest BCUT2D eigenvalue weighted by Crippen LogP contribution is 2.22. The van der Waals surface area contributed by atoms with Gasteiger partial charge in [0.05, 0.1) is 24.0 Å². The number of rotatable bonds is 7. The van der Waals surface area contributed by atoms with Crippen molar-refractivity contribution < 1.29 is 4.79 Å². The van der Waals surface area contributed by atoms with Crippen LogP contribution in [0, 0.1) is 0 Å². The lowest BCUT2D eigenvalue weighted by molar-refractivity contribution is -0.117. The lowest BCUT2D eigenvalue weighted by Gasteiger charge is -2.20. The van der Waals surface area contributed by atoms with E-state index in [1.165, 1.54) is 0 Å². The number of hydrogen-bond acceptors (Lipinski definition) is 4. The molecule has 0 saturated heterocycles. The van der Waals surface area contributed by atoms with Crippen LogP contribution in [0.5, 0.6) is 0 Å². The molecule has 6 nitrogen and oxygen atoms in total. The van der Waals surface area contributed by atoms with Crippen molar-refractivity contribution in [3.8, 4) is 0 Å². The lowest BCUT2D eigenvalue weighted by Crippen LogP contribution is -2.34. The minimum Gasteiger partial charge on any atom is -0.325 e. The zero-order valence-electron chi connectivity index (χ0n) is 15.6. The van der Waals surface area contributed by atoms with Crippen molar-refractivity contribution in [2.24, 2.45) is 0 Å². The van der Waals surface area contributed by atoms with Gasteiger partial charge in [0.25, 0.3) is 5.56 Å². The summed E-state index contributed by atoms with van der Waals surface area (Å²) in [4.78, 5) is 34.0. The first-order valence-electron chi connectivity index (χ1n) is 9.01. The van der Waals surface area contributed by atoms with Crippen molar-refractivity contribution in [3.05, 3.63) is 67.6 Å². The maximum Gasteiger partial charge on any atom is 0.258 e. The van der Waals surface area contributed by atoms with Gasteiger partial charge in [0.1, 0.15) is 5.82 Å². The second-order valence-electron chi connectivity index (χ2n) is 6.59. The Hall–Kier alpha value is -2.12. The molecule has 0 aliphatic heterocycles. The quantitative estimate of drug-likeness (QED) is 0.542. The summed E-state index contributed by atoms with van der Waals surface area (Å²) in [5, 5.41) is 4.64. The molecule has 0 unspecified atom stereocenters. The van der Waals surface area contributed by atoms with Crippen LogP contribution in [0.2, 0.25) is 15.1 Å². The lowest BCUT2D eigenvalue weighted by atomic mass is 10.2. The average molecular weight is 454 g/mol. The number of benzene rings is 2. The van der Waals surface area contributed by atoms with E-state index < -0.39 is 0 Å². The molecule has 0 saturated carbocycles. The number of nitrogens with one attached hydrogen (secondary N) is 2. The number of amides is 1. The Morgan fingerprint density at radius 2 is 1.83 bits per heavy atom. The summed E-state index contributed by atoms with van der Waals surface area (Å²) >= 11 is 18.0. The topological polar surface area (TPSA) is 78.1 Å². The molecule has 2 aromatic carbocycles. The van der Waals surface area contributed by atoms with Crippen LogP contribution in [0.4, 0.5) is 5.69 Å². The molecule has 2 N–H and O–H groups in total. The predicted molar refractivity (Wildman–Crippen MR) is 118 cm³/mol. The normalized spacial score (nSPS) is 11.2. The van der Waals surface area contributed by atoms with Gasteiger partial charge in [-0.05, 0) is 49.4 Å². The number of carbonyl (C=O) groups is 1. The van der Waals surface area contributed by atoms with Crippen LogP contribution in [0.25, 0.3) is 10.9 Å². The number of hydrogen-bond donors (Lipinski definition) is 2. The Kier molecular flexibility index (Phi) is 7.14. The molecule has 0 aliphatic carbocycles. The fraction of sp³-hybridized carbons (Fsp3) is 0.250. The van der Waals surface area contributed by atoms with E-state index in [4.69, 9.17) is 34.8 Å². The molecule has 0 spiro atoms. The number of H-pyrrole nitrogens is 1. The number of aromatic nitrogens is 2. The summed E-state index contributed by atoms with van der Waals surface area (Å²) in [6, 6.07) is 9.78. The van der Waals surface area contributed by atoms with E-state index in [0.717, 1.165) is 6.42 Å². The average Bonchev–Trinajstić information content (AvgIpc) is 2.60. The van der Waals surface area contributed by atoms with E-state index in [1.54, 1.807) is 36.4 Å². The van der Waals surface area contributed by atoms with Crippen LogP contribution < -0.4 is 10.9 Å². The Bertz CT molecular complexity index is 1080. The molecule has 29 heavy (non-hydrogen) atoms. The minimum atomic E-state index is -0.240. The third-order valence-electron chi connectivity index (χ3n) is 4.14. The monoisotopic (exact) mass is 452 g/mol. The summed E-state index contributed by atoms with van der Waals surface area (Å²) in [5.41, 5.74) is 0.803. The number of nitrogens with zero attached hydrogens (tertiary/aromatic N) is 2. The molecule has 3 rings (SSSR count). The Morgan fingerprint density at radius 3 is 2.52 bits per heavy atom. The molecule has 9 heteroatoms. The zero-order valence-corrected chi connectivity index (χ0v) is 17.9. The second-order valence-corrected chi connectivity index (χ2v) is 7.90. The van der Waals surface area contributed by atoms with Gasteiger partial charge in [-0.25, -0.2) is 4.98 Å². The first-order valence-corrected chi connectivity index (χ1v) is 10.1. The van der Waals surface area contributed by atoms with Gasteiger partial charge in [0.2, 0.25) is 5.91 Å². The molecule has 1 heterocycles. The molecule has 1 aromatic heterocycles. The van der Waals surface area contributed by atoms with E-state index in [2.05, 4.69) is 15.3 Å². The van der Waals surface area contributed by atoms with E-state index in [9.17, 15) is 9.59 Å². The second kappa shape index (κ2) is 9.59. The summed E-state index contributed by atoms with van der Waals surface area (Å²) in [7, 11) is 0. The summed E-state index contributed by atoms with van der Waals surface area (Å²) in [6.45, 7) is 3.10. The number of fused-ring (bicyclic) bond motifs is 1. The van der Waals surface area contributed by atoms with Crippen LogP contribution in [-0.2, 0) is 11.3 Å². The Balaban J connectivity index is 1.75. The van der Waals surface area contributed by atoms with Gasteiger partial charge in [-0.3, -0.25) is 14.5 Å².